The van der Waals surface area contributed by atoms with Gasteiger partial charge >= 0.3 is 0 Å². The third-order valence-corrected chi connectivity index (χ3v) is 12.0. The van der Waals surface area contributed by atoms with Crippen LogP contribution < -0.4 is 0 Å². The van der Waals surface area contributed by atoms with Crippen LogP contribution in [0.2, 0.25) is 0 Å². The van der Waals surface area contributed by atoms with Gasteiger partial charge in [0.2, 0.25) is 0 Å². The zero-order valence-corrected chi connectivity index (χ0v) is 33.0. The molecule has 284 valence electrons. The van der Waals surface area contributed by atoms with E-state index in [1.165, 1.54) is 27.5 Å². The van der Waals surface area contributed by atoms with Crippen molar-refractivity contribution in [1.29, 1.82) is 0 Å². The van der Waals surface area contributed by atoms with Crippen LogP contribution in [0.3, 0.4) is 0 Å². The first-order valence-electron chi connectivity index (χ1n) is 20.6. The first-order valence-corrected chi connectivity index (χ1v) is 20.6. The predicted molar refractivity (Wildman–Crippen MR) is 252 cm³/mol. The Hall–Kier alpha value is -8.21. The molecule has 2 aromatic heterocycles. The lowest BCUT2D eigenvalue weighted by molar-refractivity contribution is 0.670. The van der Waals surface area contributed by atoms with Crippen molar-refractivity contribution in [3.05, 3.63) is 212 Å². The maximum Gasteiger partial charge on any atom is 0.164 e. The summed E-state index contributed by atoms with van der Waals surface area (Å²) in [6, 6.07) is 74.6. The van der Waals surface area contributed by atoms with Crippen LogP contribution in [0.15, 0.2) is 217 Å². The van der Waals surface area contributed by atoms with Crippen molar-refractivity contribution in [2.24, 2.45) is 0 Å². The summed E-state index contributed by atoms with van der Waals surface area (Å²) < 4.78 is 6.52. The second kappa shape index (κ2) is 14.3. The highest BCUT2D eigenvalue weighted by molar-refractivity contribution is 6.15. The molecule has 10 aromatic carbocycles. The SMILES string of the molecule is c1ccc(-c2nc(-c3ccc(-c4c(-c5ccccc5)ccc5ccccc45)c4ccccc34)nc(-c3ccc(-c4cccc5c4oc4ccccc45)c4ccccc34)n2)cc1. The minimum atomic E-state index is 0.613. The van der Waals surface area contributed by atoms with Gasteiger partial charge in [0.1, 0.15) is 11.2 Å². The van der Waals surface area contributed by atoms with Crippen LogP contribution in [0.25, 0.3) is 122 Å². The number of hydrogen-bond acceptors (Lipinski definition) is 4. The largest absolute Gasteiger partial charge is 0.455 e. The lowest BCUT2D eigenvalue weighted by Gasteiger charge is -2.18. The first-order chi connectivity index (χ1) is 30.3. The summed E-state index contributed by atoms with van der Waals surface area (Å²) in [5, 5.41) is 8.97. The third kappa shape index (κ3) is 5.80. The Bertz CT molecular complexity index is 3650. The van der Waals surface area contributed by atoms with Crippen LogP contribution in [0.5, 0.6) is 0 Å². The van der Waals surface area contributed by atoms with E-state index in [0.29, 0.717) is 17.5 Å². The Morgan fingerprint density at radius 3 is 1.43 bits per heavy atom. The van der Waals surface area contributed by atoms with Crippen molar-refractivity contribution in [2.75, 3.05) is 0 Å². The van der Waals surface area contributed by atoms with E-state index in [4.69, 9.17) is 19.4 Å². The Balaban J connectivity index is 1.07. The molecule has 0 unspecified atom stereocenters. The van der Waals surface area contributed by atoms with Gasteiger partial charge in [0.15, 0.2) is 17.5 Å². The van der Waals surface area contributed by atoms with Crippen molar-refractivity contribution in [1.82, 2.24) is 15.0 Å². The van der Waals surface area contributed by atoms with Crippen molar-refractivity contribution in [3.63, 3.8) is 0 Å². The monoisotopic (exact) mass is 777 g/mol. The number of rotatable bonds is 6. The van der Waals surface area contributed by atoms with Gasteiger partial charge in [-0.2, -0.15) is 0 Å². The molecule has 0 N–H and O–H groups in total. The van der Waals surface area contributed by atoms with Gasteiger partial charge in [-0.3, -0.25) is 0 Å². The summed E-state index contributed by atoms with van der Waals surface area (Å²) in [5.74, 6) is 1.85. The molecule has 12 aromatic rings. The van der Waals surface area contributed by atoms with E-state index in [0.717, 1.165) is 76.9 Å². The van der Waals surface area contributed by atoms with E-state index in [1.54, 1.807) is 0 Å². The van der Waals surface area contributed by atoms with Gasteiger partial charge in [-0.1, -0.05) is 194 Å². The number of furan rings is 1. The maximum absolute atomic E-state index is 6.52. The van der Waals surface area contributed by atoms with Crippen LogP contribution in [0, 0.1) is 0 Å². The smallest absolute Gasteiger partial charge is 0.164 e. The third-order valence-electron chi connectivity index (χ3n) is 12.0. The molecular weight excluding hydrogens is 743 g/mol. The first kappa shape index (κ1) is 34.8. The lowest BCUT2D eigenvalue weighted by atomic mass is 9.86. The molecule has 0 bridgehead atoms. The maximum atomic E-state index is 6.52. The fourth-order valence-corrected chi connectivity index (χ4v) is 9.15. The van der Waals surface area contributed by atoms with Gasteiger partial charge in [-0.05, 0) is 78.3 Å². The summed E-state index contributed by atoms with van der Waals surface area (Å²) in [5.41, 5.74) is 11.4. The van der Waals surface area contributed by atoms with Crippen LogP contribution in [-0.4, -0.2) is 15.0 Å². The highest BCUT2D eigenvalue weighted by atomic mass is 16.3. The Kier molecular flexibility index (Phi) is 8.13. The molecule has 0 saturated heterocycles. The fraction of sp³-hybridized carbons (Fsp3) is 0. The quantitative estimate of drug-likeness (QED) is 0.169. The summed E-state index contributed by atoms with van der Waals surface area (Å²) in [7, 11) is 0. The zero-order valence-electron chi connectivity index (χ0n) is 33.0. The van der Waals surface area contributed by atoms with Crippen LogP contribution in [0.1, 0.15) is 0 Å². The Morgan fingerprint density at radius 2 is 0.738 bits per heavy atom. The summed E-state index contributed by atoms with van der Waals surface area (Å²) in [6.45, 7) is 0. The molecule has 0 saturated carbocycles. The molecule has 4 nitrogen and oxygen atoms in total. The molecule has 0 aliphatic rings. The van der Waals surface area contributed by atoms with Crippen molar-refractivity contribution in [2.45, 2.75) is 0 Å². The van der Waals surface area contributed by atoms with Crippen molar-refractivity contribution < 1.29 is 4.42 Å². The molecular formula is C57H35N3O. The second-order valence-corrected chi connectivity index (χ2v) is 15.4. The average molecular weight is 778 g/mol. The number of para-hydroxylation sites is 2. The molecule has 12 rings (SSSR count). The van der Waals surface area contributed by atoms with Gasteiger partial charge in [-0.25, -0.2) is 15.0 Å². The zero-order chi connectivity index (χ0) is 40.3. The Morgan fingerprint density at radius 1 is 0.262 bits per heavy atom. The topological polar surface area (TPSA) is 51.8 Å². The number of nitrogens with zero attached hydrogens (tertiary/aromatic N) is 3. The van der Waals surface area contributed by atoms with Gasteiger partial charge in [0.05, 0.1) is 0 Å². The minimum absolute atomic E-state index is 0.613. The second-order valence-electron chi connectivity index (χ2n) is 15.4. The van der Waals surface area contributed by atoms with Gasteiger partial charge < -0.3 is 4.42 Å². The predicted octanol–water partition coefficient (Wildman–Crippen LogP) is 15.2. The van der Waals surface area contributed by atoms with Crippen molar-refractivity contribution >= 4 is 54.3 Å². The van der Waals surface area contributed by atoms with E-state index >= 15 is 0 Å². The summed E-state index contributed by atoms with van der Waals surface area (Å²) >= 11 is 0. The molecule has 0 atom stereocenters. The summed E-state index contributed by atoms with van der Waals surface area (Å²) in [6.07, 6.45) is 0. The molecule has 0 fully saturated rings. The molecule has 0 spiro atoms. The minimum Gasteiger partial charge on any atom is -0.455 e. The van der Waals surface area contributed by atoms with E-state index in [2.05, 4.69) is 182 Å². The van der Waals surface area contributed by atoms with E-state index in [-0.39, 0.29) is 0 Å². The van der Waals surface area contributed by atoms with Crippen LogP contribution in [0.4, 0.5) is 0 Å². The highest BCUT2D eigenvalue weighted by Crippen LogP contribution is 2.44. The van der Waals surface area contributed by atoms with Gasteiger partial charge in [0.25, 0.3) is 0 Å². The fourth-order valence-electron chi connectivity index (χ4n) is 9.15. The molecule has 61 heavy (non-hydrogen) atoms. The Labute approximate surface area is 352 Å². The molecule has 0 aliphatic heterocycles. The van der Waals surface area contributed by atoms with Crippen LogP contribution >= 0.6 is 0 Å². The normalized spacial score (nSPS) is 11.6. The molecule has 0 radical (unpaired) electrons. The number of hydrogen-bond donors (Lipinski definition) is 0. The average Bonchev–Trinajstić information content (AvgIpc) is 3.73. The standard InChI is InChI=1S/C57H35N3O/c1-3-16-36(17-4-1)40-31-30-37-18-7-8-21-39(37)53(40)47-33-35-51(44-25-12-10-23-42(44)47)57-59-55(38-19-5-2-6-20-38)58-56(60-57)50-34-32-45(41-22-9-11-24-43(41)50)48-27-15-28-49-46-26-13-14-29-52(46)61-54(48)49/h1-35H. The van der Waals surface area contributed by atoms with Crippen LogP contribution in [-0.2, 0) is 0 Å². The lowest BCUT2D eigenvalue weighted by Crippen LogP contribution is -2.01. The van der Waals surface area contributed by atoms with Gasteiger partial charge in [0, 0.05) is 33.0 Å². The molecule has 4 heteroatoms. The van der Waals surface area contributed by atoms with Gasteiger partial charge in [-0.15, -0.1) is 0 Å². The molecule has 0 amide bonds. The number of aromatic nitrogens is 3. The highest BCUT2D eigenvalue weighted by Gasteiger charge is 2.21. The van der Waals surface area contributed by atoms with E-state index < -0.39 is 0 Å². The number of fused-ring (bicyclic) bond motifs is 6. The van der Waals surface area contributed by atoms with E-state index in [1.807, 2.05) is 30.3 Å². The van der Waals surface area contributed by atoms with Crippen molar-refractivity contribution in [3.8, 4) is 67.5 Å². The number of benzene rings is 10. The molecule has 0 aliphatic carbocycles. The summed E-state index contributed by atoms with van der Waals surface area (Å²) in [4.78, 5) is 15.8. The molecule has 2 heterocycles. The van der Waals surface area contributed by atoms with E-state index in [9.17, 15) is 0 Å².